The van der Waals surface area contributed by atoms with E-state index in [0.29, 0.717) is 30.1 Å². The number of nitrogens with zero attached hydrogens (tertiary/aromatic N) is 1. The second-order valence-corrected chi connectivity index (χ2v) is 5.41. The number of carbonyl (C=O) groups is 3. The fourth-order valence-corrected chi connectivity index (χ4v) is 2.41. The molecule has 0 unspecified atom stereocenters. The van der Waals surface area contributed by atoms with Crippen molar-refractivity contribution in [3.63, 3.8) is 0 Å². The number of ether oxygens (including phenoxy) is 1. The molecule has 0 radical (unpaired) electrons. The zero-order chi connectivity index (χ0) is 17.6. The molecule has 2 aromatic rings. The lowest BCUT2D eigenvalue weighted by Gasteiger charge is -2.13. The van der Waals surface area contributed by atoms with Gasteiger partial charge in [-0.15, -0.1) is 0 Å². The van der Waals surface area contributed by atoms with Gasteiger partial charge in [0.25, 0.3) is 5.91 Å². The number of amides is 3. The number of nitrogens with one attached hydrogen (secondary N) is 2. The van der Waals surface area contributed by atoms with E-state index in [1.165, 1.54) is 4.90 Å². The molecule has 7 heteroatoms. The predicted molar refractivity (Wildman–Crippen MR) is 92.5 cm³/mol. The van der Waals surface area contributed by atoms with Crippen LogP contribution in [0.25, 0.3) is 0 Å². The minimum absolute atomic E-state index is 0.131. The average Bonchev–Trinajstić information content (AvgIpc) is 3.07. The Kier molecular flexibility index (Phi) is 4.94. The SMILES string of the molecule is O=C(CNC(=O)c1ccc(N2CCOC2=O)cc1)Nc1ccccc1. The van der Waals surface area contributed by atoms with Crippen LogP contribution in [0.15, 0.2) is 54.6 Å². The van der Waals surface area contributed by atoms with Crippen LogP contribution in [-0.2, 0) is 9.53 Å². The number of hydrogen-bond acceptors (Lipinski definition) is 4. The number of rotatable bonds is 5. The highest BCUT2D eigenvalue weighted by Gasteiger charge is 2.23. The third-order valence-electron chi connectivity index (χ3n) is 3.67. The monoisotopic (exact) mass is 339 g/mol. The smallest absolute Gasteiger partial charge is 0.414 e. The Bertz CT molecular complexity index is 775. The van der Waals surface area contributed by atoms with Gasteiger partial charge < -0.3 is 15.4 Å². The van der Waals surface area contributed by atoms with Crippen molar-refractivity contribution in [1.29, 1.82) is 0 Å². The van der Waals surface area contributed by atoms with Gasteiger partial charge in [-0.05, 0) is 36.4 Å². The Balaban J connectivity index is 1.52. The summed E-state index contributed by atoms with van der Waals surface area (Å²) in [6.07, 6.45) is -0.394. The number of carbonyl (C=O) groups excluding carboxylic acids is 3. The molecule has 1 saturated heterocycles. The van der Waals surface area contributed by atoms with E-state index in [0.717, 1.165) is 0 Å². The minimum Gasteiger partial charge on any atom is -0.447 e. The van der Waals surface area contributed by atoms with Crippen molar-refractivity contribution in [2.45, 2.75) is 0 Å². The summed E-state index contributed by atoms with van der Waals surface area (Å²) in [6, 6.07) is 15.6. The number of hydrogen-bond donors (Lipinski definition) is 2. The molecular formula is C18H17N3O4. The molecule has 3 amide bonds. The van der Waals surface area contributed by atoms with E-state index in [9.17, 15) is 14.4 Å². The van der Waals surface area contributed by atoms with Crippen LogP contribution in [0.1, 0.15) is 10.4 Å². The fraction of sp³-hybridized carbons (Fsp3) is 0.167. The minimum atomic E-state index is -0.394. The largest absolute Gasteiger partial charge is 0.447 e. The predicted octanol–water partition coefficient (Wildman–Crippen LogP) is 2.01. The zero-order valence-corrected chi connectivity index (χ0v) is 13.4. The first-order chi connectivity index (χ1) is 12.1. The highest BCUT2D eigenvalue weighted by Crippen LogP contribution is 2.19. The molecule has 1 heterocycles. The highest BCUT2D eigenvalue weighted by molar-refractivity contribution is 5.99. The van der Waals surface area contributed by atoms with Crippen LogP contribution in [-0.4, -0.2) is 37.6 Å². The molecule has 1 fully saturated rings. The van der Waals surface area contributed by atoms with Crippen molar-refractivity contribution in [2.75, 3.05) is 29.9 Å². The highest BCUT2D eigenvalue weighted by atomic mass is 16.6. The Morgan fingerprint density at radius 2 is 1.76 bits per heavy atom. The summed E-state index contributed by atoms with van der Waals surface area (Å²) < 4.78 is 4.87. The van der Waals surface area contributed by atoms with E-state index in [4.69, 9.17) is 4.74 Å². The van der Waals surface area contributed by atoms with E-state index >= 15 is 0 Å². The van der Waals surface area contributed by atoms with Crippen LogP contribution in [0.5, 0.6) is 0 Å². The third kappa shape index (κ3) is 4.14. The summed E-state index contributed by atoms with van der Waals surface area (Å²) in [4.78, 5) is 36.9. The third-order valence-corrected chi connectivity index (χ3v) is 3.67. The van der Waals surface area contributed by atoms with Crippen molar-refractivity contribution in [3.05, 3.63) is 60.2 Å². The number of para-hydroxylation sites is 1. The van der Waals surface area contributed by atoms with Gasteiger partial charge in [0.2, 0.25) is 5.91 Å². The van der Waals surface area contributed by atoms with Gasteiger partial charge in [-0.1, -0.05) is 18.2 Å². The lowest BCUT2D eigenvalue weighted by Crippen LogP contribution is -2.32. The molecule has 0 aromatic heterocycles. The molecule has 0 bridgehead atoms. The van der Waals surface area contributed by atoms with Crippen molar-refractivity contribution in [2.24, 2.45) is 0 Å². The Morgan fingerprint density at radius 1 is 1.04 bits per heavy atom. The van der Waals surface area contributed by atoms with Crippen LogP contribution in [0.4, 0.5) is 16.2 Å². The fourth-order valence-electron chi connectivity index (χ4n) is 2.41. The summed E-state index contributed by atoms with van der Waals surface area (Å²) in [6.45, 7) is 0.718. The van der Waals surface area contributed by atoms with Crippen LogP contribution < -0.4 is 15.5 Å². The molecule has 2 aromatic carbocycles. The van der Waals surface area contributed by atoms with E-state index < -0.39 is 6.09 Å². The van der Waals surface area contributed by atoms with E-state index in [1.807, 2.05) is 18.2 Å². The molecule has 2 N–H and O–H groups in total. The molecule has 1 aliphatic rings. The Labute approximate surface area is 144 Å². The molecule has 1 aliphatic heterocycles. The number of benzene rings is 2. The normalized spacial score (nSPS) is 13.3. The lowest BCUT2D eigenvalue weighted by atomic mass is 10.2. The number of cyclic esters (lactones) is 1. The quantitative estimate of drug-likeness (QED) is 0.872. The second-order valence-electron chi connectivity index (χ2n) is 5.41. The lowest BCUT2D eigenvalue weighted by molar-refractivity contribution is -0.115. The van der Waals surface area contributed by atoms with E-state index in [1.54, 1.807) is 36.4 Å². The Morgan fingerprint density at radius 3 is 2.40 bits per heavy atom. The first-order valence-electron chi connectivity index (χ1n) is 7.81. The molecule has 3 rings (SSSR count). The molecular weight excluding hydrogens is 322 g/mol. The van der Waals surface area contributed by atoms with E-state index in [-0.39, 0.29) is 18.4 Å². The van der Waals surface area contributed by atoms with Crippen LogP contribution >= 0.6 is 0 Å². The first kappa shape index (κ1) is 16.5. The van der Waals surface area contributed by atoms with Crippen molar-refractivity contribution >= 4 is 29.3 Å². The van der Waals surface area contributed by atoms with Gasteiger partial charge in [0.05, 0.1) is 13.1 Å². The maximum Gasteiger partial charge on any atom is 0.414 e. The van der Waals surface area contributed by atoms with Crippen molar-refractivity contribution in [3.8, 4) is 0 Å². The van der Waals surface area contributed by atoms with Gasteiger partial charge >= 0.3 is 6.09 Å². The molecule has 0 spiro atoms. The summed E-state index contributed by atoms with van der Waals surface area (Å²) in [7, 11) is 0. The van der Waals surface area contributed by atoms with Gasteiger partial charge in [-0.2, -0.15) is 0 Å². The summed E-state index contributed by atoms with van der Waals surface area (Å²) >= 11 is 0. The van der Waals surface area contributed by atoms with E-state index in [2.05, 4.69) is 10.6 Å². The average molecular weight is 339 g/mol. The molecule has 7 nitrogen and oxygen atoms in total. The number of anilines is 2. The summed E-state index contributed by atoms with van der Waals surface area (Å²) in [5, 5.41) is 5.25. The standard InChI is InChI=1S/C18H17N3O4/c22-16(20-14-4-2-1-3-5-14)12-19-17(23)13-6-8-15(9-7-13)21-10-11-25-18(21)24/h1-9H,10-12H2,(H,19,23)(H,20,22). The van der Waals surface area contributed by atoms with Gasteiger partial charge in [0.1, 0.15) is 6.61 Å². The summed E-state index contributed by atoms with van der Waals surface area (Å²) in [5.74, 6) is -0.672. The van der Waals surface area contributed by atoms with Gasteiger partial charge in [0.15, 0.2) is 0 Å². The van der Waals surface area contributed by atoms with Crippen LogP contribution in [0.3, 0.4) is 0 Å². The van der Waals surface area contributed by atoms with Crippen molar-refractivity contribution in [1.82, 2.24) is 5.32 Å². The second kappa shape index (κ2) is 7.48. The van der Waals surface area contributed by atoms with Gasteiger partial charge in [0, 0.05) is 16.9 Å². The molecule has 0 atom stereocenters. The maximum absolute atomic E-state index is 12.1. The Hall–Kier alpha value is -3.35. The topological polar surface area (TPSA) is 87.7 Å². The molecule has 0 saturated carbocycles. The van der Waals surface area contributed by atoms with Crippen LogP contribution in [0.2, 0.25) is 0 Å². The molecule has 128 valence electrons. The van der Waals surface area contributed by atoms with Gasteiger partial charge in [-0.3, -0.25) is 14.5 Å². The van der Waals surface area contributed by atoms with Crippen LogP contribution in [0, 0.1) is 0 Å². The molecule has 25 heavy (non-hydrogen) atoms. The zero-order valence-electron chi connectivity index (χ0n) is 13.4. The maximum atomic E-state index is 12.1. The first-order valence-corrected chi connectivity index (χ1v) is 7.81. The van der Waals surface area contributed by atoms with Gasteiger partial charge in [-0.25, -0.2) is 4.79 Å². The summed E-state index contributed by atoms with van der Waals surface area (Å²) in [5.41, 5.74) is 1.74. The van der Waals surface area contributed by atoms with Crippen molar-refractivity contribution < 1.29 is 19.1 Å². The molecule has 0 aliphatic carbocycles.